The predicted molar refractivity (Wildman–Crippen MR) is 158 cm³/mol. The number of benzene rings is 4. The second-order valence-corrected chi connectivity index (χ2v) is 11.0. The highest BCUT2D eigenvalue weighted by atomic mass is 32.1. The molecule has 1 N–H and O–H groups in total. The van der Waals surface area contributed by atoms with Crippen LogP contribution in [0.5, 0.6) is 0 Å². The Balaban J connectivity index is 1.23. The standard InChI is InChI=1S/C31H23N3O3S2/c1-18-13-15-20(16-14-18)25-17-38-31(33-25)34-28(35)19(2)37-30(36)23-10-6-8-21-7-5-9-22(27(21)23)29-32-24-11-3-4-12-26(24)39-29/h3-17,19H,1-2H3,(H,33,34,35). The average Bonchev–Trinajstić information content (AvgIpc) is 3.60. The van der Waals surface area contributed by atoms with Crippen molar-refractivity contribution < 1.29 is 14.3 Å². The van der Waals surface area contributed by atoms with Crippen molar-refractivity contribution >= 4 is 60.7 Å². The van der Waals surface area contributed by atoms with Crippen LogP contribution in [-0.4, -0.2) is 27.9 Å². The number of hydrogen-bond acceptors (Lipinski definition) is 7. The summed E-state index contributed by atoms with van der Waals surface area (Å²) in [6, 6.07) is 27.3. The van der Waals surface area contributed by atoms with Gasteiger partial charge in [-0.2, -0.15) is 0 Å². The van der Waals surface area contributed by atoms with E-state index in [0.717, 1.165) is 48.4 Å². The molecule has 0 aliphatic carbocycles. The molecule has 6 rings (SSSR count). The summed E-state index contributed by atoms with van der Waals surface area (Å²) in [5, 5.41) is 7.57. The Morgan fingerprint density at radius 3 is 2.46 bits per heavy atom. The summed E-state index contributed by atoms with van der Waals surface area (Å²) >= 11 is 2.90. The zero-order chi connectivity index (χ0) is 26.9. The summed E-state index contributed by atoms with van der Waals surface area (Å²) in [5.74, 6) is -1.02. The molecule has 6 aromatic rings. The molecule has 1 atom stereocenters. The Hall–Kier alpha value is -4.40. The number of ether oxygens (including phenoxy) is 1. The molecule has 0 saturated heterocycles. The summed E-state index contributed by atoms with van der Waals surface area (Å²) in [7, 11) is 0. The number of nitrogens with one attached hydrogen (secondary N) is 1. The fraction of sp³-hybridized carbons (Fsp3) is 0.0968. The van der Waals surface area contributed by atoms with Crippen LogP contribution in [0.25, 0.3) is 42.8 Å². The molecule has 2 aromatic heterocycles. The number of rotatable bonds is 6. The van der Waals surface area contributed by atoms with Crippen molar-refractivity contribution in [3.63, 3.8) is 0 Å². The molecule has 4 aromatic carbocycles. The number of aromatic nitrogens is 2. The molecule has 0 fully saturated rings. The average molecular weight is 550 g/mol. The van der Waals surface area contributed by atoms with Crippen molar-refractivity contribution in [3.05, 3.63) is 101 Å². The van der Waals surface area contributed by atoms with E-state index in [2.05, 4.69) is 10.3 Å². The molecular weight excluding hydrogens is 526 g/mol. The van der Waals surface area contributed by atoms with Crippen LogP contribution < -0.4 is 5.32 Å². The van der Waals surface area contributed by atoms with Crippen LogP contribution in [0, 0.1) is 6.92 Å². The van der Waals surface area contributed by atoms with Gasteiger partial charge in [-0.3, -0.25) is 10.1 Å². The first-order chi connectivity index (χ1) is 19.0. The zero-order valence-corrected chi connectivity index (χ0v) is 22.8. The van der Waals surface area contributed by atoms with Crippen LogP contribution in [0.1, 0.15) is 22.8 Å². The van der Waals surface area contributed by atoms with Gasteiger partial charge in [-0.15, -0.1) is 22.7 Å². The Labute approximate surface area is 232 Å². The van der Waals surface area contributed by atoms with Gasteiger partial charge < -0.3 is 4.74 Å². The van der Waals surface area contributed by atoms with E-state index in [1.54, 1.807) is 24.3 Å². The number of thiazole rings is 2. The maximum Gasteiger partial charge on any atom is 0.339 e. The summed E-state index contributed by atoms with van der Waals surface area (Å²) in [4.78, 5) is 35.6. The van der Waals surface area contributed by atoms with Crippen LogP contribution in [0.4, 0.5) is 5.13 Å². The Morgan fingerprint density at radius 1 is 0.897 bits per heavy atom. The molecule has 6 nitrogen and oxygen atoms in total. The van der Waals surface area contributed by atoms with Crippen molar-refractivity contribution in [2.24, 2.45) is 0 Å². The lowest BCUT2D eigenvalue weighted by molar-refractivity contribution is -0.123. The molecule has 192 valence electrons. The van der Waals surface area contributed by atoms with Crippen LogP contribution in [0.3, 0.4) is 0 Å². The number of aryl methyl sites for hydroxylation is 1. The number of carbonyl (C=O) groups is 2. The molecule has 0 radical (unpaired) electrons. The maximum absolute atomic E-state index is 13.4. The van der Waals surface area contributed by atoms with E-state index in [4.69, 9.17) is 9.72 Å². The first kappa shape index (κ1) is 24.9. The number of nitrogens with zero attached hydrogens (tertiary/aromatic N) is 2. The number of amides is 1. The van der Waals surface area contributed by atoms with Gasteiger partial charge in [-0.1, -0.05) is 72.3 Å². The van der Waals surface area contributed by atoms with Gasteiger partial charge in [0, 0.05) is 21.9 Å². The van der Waals surface area contributed by atoms with Gasteiger partial charge in [-0.05, 0) is 37.4 Å². The van der Waals surface area contributed by atoms with E-state index in [9.17, 15) is 9.59 Å². The third kappa shape index (κ3) is 5.04. The summed E-state index contributed by atoms with van der Waals surface area (Å²) < 4.78 is 6.71. The quantitative estimate of drug-likeness (QED) is 0.215. The largest absolute Gasteiger partial charge is 0.449 e. The molecule has 0 spiro atoms. The Bertz CT molecular complexity index is 1800. The third-order valence-corrected chi connectivity index (χ3v) is 8.21. The SMILES string of the molecule is Cc1ccc(-c2csc(NC(=O)C(C)OC(=O)c3cccc4cccc(-c5nc6ccccc6s5)c34)n2)cc1. The monoisotopic (exact) mass is 549 g/mol. The van der Waals surface area contributed by atoms with Gasteiger partial charge in [0.15, 0.2) is 11.2 Å². The van der Waals surface area contributed by atoms with Gasteiger partial charge in [0.2, 0.25) is 0 Å². The fourth-order valence-corrected chi connectivity index (χ4v) is 6.07. The minimum Gasteiger partial charge on any atom is -0.449 e. The topological polar surface area (TPSA) is 81.2 Å². The first-order valence-corrected chi connectivity index (χ1v) is 14.1. The number of carbonyl (C=O) groups excluding carboxylic acids is 2. The van der Waals surface area contributed by atoms with Crippen molar-refractivity contribution in [3.8, 4) is 21.8 Å². The van der Waals surface area contributed by atoms with Gasteiger partial charge in [0.05, 0.1) is 21.5 Å². The van der Waals surface area contributed by atoms with Gasteiger partial charge in [0.1, 0.15) is 5.01 Å². The van der Waals surface area contributed by atoms with E-state index in [1.807, 2.05) is 91.2 Å². The predicted octanol–water partition coefficient (Wildman–Crippen LogP) is 7.73. The summed E-state index contributed by atoms with van der Waals surface area (Å²) in [6.07, 6.45) is -1.02. The molecule has 0 aliphatic heterocycles. The van der Waals surface area contributed by atoms with Crippen LogP contribution in [-0.2, 0) is 9.53 Å². The van der Waals surface area contributed by atoms with Gasteiger partial charge >= 0.3 is 5.97 Å². The van der Waals surface area contributed by atoms with E-state index in [-0.39, 0.29) is 0 Å². The summed E-state index contributed by atoms with van der Waals surface area (Å²) in [5.41, 5.74) is 5.06. The lowest BCUT2D eigenvalue weighted by Crippen LogP contribution is -2.30. The van der Waals surface area contributed by atoms with Crippen LogP contribution in [0.15, 0.2) is 90.3 Å². The molecule has 1 amide bonds. The maximum atomic E-state index is 13.4. The molecule has 2 heterocycles. The molecule has 1 unspecified atom stereocenters. The minimum atomic E-state index is -1.02. The van der Waals surface area contributed by atoms with Crippen molar-refractivity contribution in [1.29, 1.82) is 0 Å². The van der Waals surface area contributed by atoms with E-state index in [0.29, 0.717) is 10.7 Å². The second kappa shape index (κ2) is 10.4. The highest BCUT2D eigenvalue weighted by Crippen LogP contribution is 2.36. The molecule has 8 heteroatoms. The Kier molecular flexibility index (Phi) is 6.64. The number of fused-ring (bicyclic) bond motifs is 2. The highest BCUT2D eigenvalue weighted by Gasteiger charge is 2.23. The van der Waals surface area contributed by atoms with Gasteiger partial charge in [0.25, 0.3) is 5.91 Å². The minimum absolute atomic E-state index is 0.387. The first-order valence-electron chi connectivity index (χ1n) is 12.4. The van der Waals surface area contributed by atoms with Crippen LogP contribution >= 0.6 is 22.7 Å². The third-order valence-electron chi connectivity index (χ3n) is 6.38. The van der Waals surface area contributed by atoms with Crippen molar-refractivity contribution in [2.45, 2.75) is 20.0 Å². The smallest absolute Gasteiger partial charge is 0.339 e. The molecule has 0 saturated carbocycles. The van der Waals surface area contributed by atoms with Gasteiger partial charge in [-0.25, -0.2) is 14.8 Å². The number of anilines is 1. The van der Waals surface area contributed by atoms with Crippen LogP contribution in [0.2, 0.25) is 0 Å². The lowest BCUT2D eigenvalue weighted by atomic mass is 9.99. The molecule has 0 aliphatic rings. The lowest BCUT2D eigenvalue weighted by Gasteiger charge is -2.14. The van der Waals surface area contributed by atoms with Crippen molar-refractivity contribution in [2.75, 3.05) is 5.32 Å². The number of para-hydroxylation sites is 1. The zero-order valence-electron chi connectivity index (χ0n) is 21.2. The molecule has 39 heavy (non-hydrogen) atoms. The Morgan fingerprint density at radius 2 is 1.67 bits per heavy atom. The number of esters is 1. The van der Waals surface area contributed by atoms with Crippen molar-refractivity contribution in [1.82, 2.24) is 9.97 Å². The fourth-order valence-electron chi connectivity index (χ4n) is 4.35. The van der Waals surface area contributed by atoms with E-state index < -0.39 is 18.0 Å². The van der Waals surface area contributed by atoms with E-state index in [1.165, 1.54) is 11.3 Å². The number of hydrogen-bond donors (Lipinski definition) is 1. The highest BCUT2D eigenvalue weighted by molar-refractivity contribution is 7.21. The summed E-state index contributed by atoms with van der Waals surface area (Å²) in [6.45, 7) is 3.58. The molecule has 0 bridgehead atoms. The van der Waals surface area contributed by atoms with E-state index >= 15 is 0 Å². The molecular formula is C31H23N3O3S2. The second-order valence-electron chi connectivity index (χ2n) is 9.14. The normalized spacial score (nSPS) is 11.9.